The molecule has 6 heterocycles. The van der Waals surface area contributed by atoms with Crippen LogP contribution >= 0.6 is 0 Å². The lowest BCUT2D eigenvalue weighted by molar-refractivity contribution is 1.16. The first-order valence-electron chi connectivity index (χ1n) is 50.0. The Morgan fingerprint density at radius 1 is 0.122 bits per heavy atom. The summed E-state index contributed by atoms with van der Waals surface area (Å²) in [6.45, 7) is 0. The fourth-order valence-corrected chi connectivity index (χ4v) is 22.4. The topological polar surface area (TPSA) is 92.1 Å². The first-order chi connectivity index (χ1) is 72.9. The van der Waals surface area contributed by atoms with Gasteiger partial charge in [-0.15, -0.1) is 0 Å². The highest BCUT2D eigenvalue weighted by molar-refractivity contribution is 6.32. The summed E-state index contributed by atoms with van der Waals surface area (Å²) in [6.07, 6.45) is 0. The van der Waals surface area contributed by atoms with Crippen LogP contribution in [0.4, 0.5) is 0 Å². The first kappa shape index (κ1) is 85.3. The average molecular weight is 1870 g/mol. The van der Waals surface area contributed by atoms with Crippen molar-refractivity contribution in [3.05, 3.63) is 528 Å². The highest BCUT2D eigenvalue weighted by Gasteiger charge is 2.25. The predicted molar refractivity (Wildman–Crippen MR) is 616 cm³/mol. The minimum absolute atomic E-state index is 0.697. The molecular formula is C138H87N9. The van der Waals surface area contributed by atoms with Gasteiger partial charge in [0, 0.05) is 99.5 Å². The molecule has 684 valence electrons. The van der Waals surface area contributed by atoms with E-state index in [2.05, 4.69) is 523 Å². The molecule has 0 aliphatic heterocycles. The minimum atomic E-state index is 0.697. The van der Waals surface area contributed by atoms with Crippen LogP contribution in [0, 0.1) is 0 Å². The maximum atomic E-state index is 5.26. The Hall–Kier alpha value is -19.7. The molecule has 30 aromatic rings. The quantitative estimate of drug-likeness (QED) is 0.121. The van der Waals surface area contributed by atoms with E-state index in [-0.39, 0.29) is 0 Å². The second-order valence-corrected chi connectivity index (χ2v) is 37.9. The number of hydrogen-bond acceptors (Lipinski definition) is 6. The van der Waals surface area contributed by atoms with Crippen molar-refractivity contribution in [2.24, 2.45) is 0 Å². The second-order valence-electron chi connectivity index (χ2n) is 37.9. The van der Waals surface area contributed by atoms with Gasteiger partial charge in [0.05, 0.1) is 67.3 Å². The molecule has 24 aromatic carbocycles. The van der Waals surface area contributed by atoms with Crippen LogP contribution in [0.25, 0.3) is 281 Å². The minimum Gasteiger partial charge on any atom is -0.309 e. The average Bonchev–Trinajstić information content (AvgIpc) is 1.57. The Bertz CT molecular complexity index is 10200. The lowest BCUT2D eigenvalue weighted by Crippen LogP contribution is -1.98. The molecule has 0 amide bonds. The van der Waals surface area contributed by atoms with Gasteiger partial charge in [-0.25, -0.2) is 29.9 Å². The Kier molecular flexibility index (Phi) is 20.8. The van der Waals surface area contributed by atoms with Gasteiger partial charge < -0.3 is 13.7 Å². The molecule has 0 saturated carbocycles. The van der Waals surface area contributed by atoms with E-state index in [1.807, 2.05) is 18.2 Å². The summed E-state index contributed by atoms with van der Waals surface area (Å²) in [5, 5.41) is 29.9. The van der Waals surface area contributed by atoms with E-state index in [0.717, 1.165) is 101 Å². The van der Waals surface area contributed by atoms with Crippen LogP contribution in [0.2, 0.25) is 0 Å². The zero-order chi connectivity index (χ0) is 96.9. The molecule has 147 heavy (non-hydrogen) atoms. The lowest BCUT2D eigenvalue weighted by atomic mass is 10.00. The molecule has 0 radical (unpaired) electrons. The summed E-state index contributed by atoms with van der Waals surface area (Å²) in [5.74, 6) is 2.10. The van der Waals surface area contributed by atoms with Crippen molar-refractivity contribution in [2.75, 3.05) is 0 Å². The molecule has 0 bridgehead atoms. The number of fused-ring (bicyclic) bond motifs is 24. The van der Waals surface area contributed by atoms with Gasteiger partial charge in [0.15, 0.2) is 17.5 Å². The molecule has 9 nitrogen and oxygen atoms in total. The van der Waals surface area contributed by atoms with Gasteiger partial charge in [-0.2, -0.15) is 0 Å². The fourth-order valence-electron chi connectivity index (χ4n) is 22.4. The fraction of sp³-hybridized carbons (Fsp3) is 0. The van der Waals surface area contributed by atoms with Crippen molar-refractivity contribution in [3.63, 3.8) is 0 Å². The molecule has 0 atom stereocenters. The zero-order valence-corrected chi connectivity index (χ0v) is 79.8. The van der Waals surface area contributed by atoms with Crippen molar-refractivity contribution in [2.45, 2.75) is 0 Å². The van der Waals surface area contributed by atoms with Crippen molar-refractivity contribution in [1.82, 2.24) is 43.6 Å². The van der Waals surface area contributed by atoms with Crippen molar-refractivity contribution in [1.29, 1.82) is 0 Å². The maximum absolute atomic E-state index is 5.26. The van der Waals surface area contributed by atoms with Gasteiger partial charge in [0.1, 0.15) is 0 Å². The first-order valence-corrected chi connectivity index (χ1v) is 50.0. The molecule has 0 unspecified atom stereocenters. The molecule has 0 saturated heterocycles. The van der Waals surface area contributed by atoms with E-state index in [0.29, 0.717) is 17.5 Å². The van der Waals surface area contributed by atoms with Gasteiger partial charge >= 0.3 is 0 Å². The summed E-state index contributed by atoms with van der Waals surface area (Å²) in [4.78, 5) is 31.1. The van der Waals surface area contributed by atoms with Gasteiger partial charge in [0.2, 0.25) is 0 Å². The van der Waals surface area contributed by atoms with Crippen LogP contribution in [0.5, 0.6) is 0 Å². The third-order valence-electron chi connectivity index (χ3n) is 29.3. The maximum Gasteiger partial charge on any atom is 0.160 e. The second kappa shape index (κ2) is 35.8. The summed E-state index contributed by atoms with van der Waals surface area (Å²) < 4.78 is 7.20. The van der Waals surface area contributed by atoms with Crippen LogP contribution in [0.3, 0.4) is 0 Å². The molecule has 0 N–H and O–H groups in total. The molecule has 0 fully saturated rings. The number of benzene rings is 24. The van der Waals surface area contributed by atoms with Gasteiger partial charge in [-0.1, -0.05) is 413 Å². The molecule has 9 heteroatoms. The third-order valence-corrected chi connectivity index (χ3v) is 29.3. The van der Waals surface area contributed by atoms with Gasteiger partial charge in [-0.05, 0) is 212 Å². The standard InChI is InChI=1S/3C46H29N3/c1-2-15-33(16-3-1)40-29-41(39-23-11-17-30-12-4-7-20-36(30)39)48-46(47-40)34-18-10-19-35(28-34)49-42-26-24-31-13-5-8-21-37(31)44(42)45-38-22-9-6-14-32(38)25-27-43(45)49;1-2-14-33(15-3-1)40-29-41(35-22-21-30-11-4-5-16-34(30)27-35)48-46(47-40)36-17-10-18-37(28-36)49-42-25-23-31-12-6-8-19-38(31)44(42)45-39-20-9-7-13-32(39)24-26-43(45)49;1-2-13-33(14-3-1)40-29-41(36-19-18-30-10-4-5-15-35(30)28-36)48-46(47-40)34-20-24-37(25-21-34)49-42-26-22-31-11-6-8-16-38(31)44(42)45-39-17-9-7-12-32(39)23-27-43(45)49/h3*1-29H. The van der Waals surface area contributed by atoms with E-state index < -0.39 is 0 Å². The summed E-state index contributed by atoms with van der Waals surface area (Å²) in [7, 11) is 0. The molecule has 0 aliphatic rings. The van der Waals surface area contributed by atoms with Crippen LogP contribution in [-0.4, -0.2) is 43.6 Å². The van der Waals surface area contributed by atoms with Crippen LogP contribution < -0.4 is 0 Å². The number of hydrogen-bond donors (Lipinski definition) is 0. The molecule has 30 rings (SSSR count). The Balaban J connectivity index is 0.000000107. The highest BCUT2D eigenvalue weighted by atomic mass is 15.0. The highest BCUT2D eigenvalue weighted by Crippen LogP contribution is 2.47. The molecular weight excluding hydrogens is 1780 g/mol. The summed E-state index contributed by atoms with van der Waals surface area (Å²) in [6, 6.07) is 188. The summed E-state index contributed by atoms with van der Waals surface area (Å²) in [5.41, 5.74) is 25.1. The normalized spacial score (nSPS) is 11.7. The number of rotatable bonds is 12. The van der Waals surface area contributed by atoms with Gasteiger partial charge in [0.25, 0.3) is 0 Å². The predicted octanol–water partition coefficient (Wildman–Crippen LogP) is 36.1. The number of aromatic nitrogens is 9. The Morgan fingerprint density at radius 3 is 0.694 bits per heavy atom. The van der Waals surface area contributed by atoms with Crippen molar-refractivity contribution < 1.29 is 0 Å². The van der Waals surface area contributed by atoms with E-state index >= 15 is 0 Å². The smallest absolute Gasteiger partial charge is 0.160 e. The molecule has 0 aliphatic carbocycles. The van der Waals surface area contributed by atoms with Crippen LogP contribution in [0.1, 0.15) is 0 Å². The Labute approximate surface area is 846 Å². The van der Waals surface area contributed by atoms with E-state index in [1.165, 1.54) is 162 Å². The third kappa shape index (κ3) is 15.1. The number of nitrogens with zero attached hydrogens (tertiary/aromatic N) is 9. The van der Waals surface area contributed by atoms with E-state index in [9.17, 15) is 0 Å². The Morgan fingerprint density at radius 2 is 0.354 bits per heavy atom. The van der Waals surface area contributed by atoms with Gasteiger partial charge in [-0.3, -0.25) is 0 Å². The SMILES string of the molecule is c1ccc(-c2cc(-c3ccc4ccccc4c3)nc(-c3ccc(-n4c5ccc6ccccc6c5c5c6ccccc6ccc54)cc3)n2)cc1.c1ccc(-c2cc(-c3ccc4ccccc4c3)nc(-c3cccc(-n4c5ccc6ccccc6c5c5c6ccccc6ccc54)c3)n2)cc1.c1ccc(-c2cc(-c3cccc4ccccc34)nc(-c3cccc(-n4c5ccc6ccccc6c5c5c6ccccc6ccc54)c3)n2)cc1. The van der Waals surface area contributed by atoms with Crippen LogP contribution in [0.15, 0.2) is 528 Å². The van der Waals surface area contributed by atoms with Crippen molar-refractivity contribution in [3.8, 4) is 119 Å². The molecule has 0 spiro atoms. The monoisotopic (exact) mass is 1870 g/mol. The van der Waals surface area contributed by atoms with E-state index in [4.69, 9.17) is 29.9 Å². The van der Waals surface area contributed by atoms with Crippen molar-refractivity contribution >= 4 is 162 Å². The summed E-state index contributed by atoms with van der Waals surface area (Å²) >= 11 is 0. The van der Waals surface area contributed by atoms with E-state index in [1.54, 1.807) is 0 Å². The zero-order valence-electron chi connectivity index (χ0n) is 79.8. The molecule has 6 aromatic heterocycles. The van der Waals surface area contributed by atoms with Crippen LogP contribution in [-0.2, 0) is 0 Å². The lowest BCUT2D eigenvalue weighted by Gasteiger charge is -2.13. The largest absolute Gasteiger partial charge is 0.309 e.